The molecule has 0 saturated heterocycles. The number of fused-ring (bicyclic) bond motifs is 2. The van der Waals surface area contributed by atoms with Gasteiger partial charge in [-0.2, -0.15) is 5.10 Å². The van der Waals surface area contributed by atoms with Crippen molar-refractivity contribution in [3.05, 3.63) is 95.1 Å². The van der Waals surface area contributed by atoms with Gasteiger partial charge in [0, 0.05) is 27.4 Å². The number of benzene rings is 3. The fourth-order valence-electron chi connectivity index (χ4n) is 3.30. The zero-order valence-corrected chi connectivity index (χ0v) is 16.9. The number of nitrogens with zero attached hydrogens (tertiary/aromatic N) is 3. The van der Waals surface area contributed by atoms with E-state index in [1.54, 1.807) is 6.07 Å². The highest BCUT2D eigenvalue weighted by molar-refractivity contribution is 6.31. The van der Waals surface area contributed by atoms with Gasteiger partial charge in [-0.1, -0.05) is 53.6 Å². The molecule has 0 amide bonds. The molecule has 1 N–H and O–H groups in total. The Morgan fingerprint density at radius 3 is 2.60 bits per heavy atom. The zero-order chi connectivity index (χ0) is 20.5. The van der Waals surface area contributed by atoms with E-state index in [1.807, 2.05) is 54.6 Å². The molecule has 0 unspecified atom stereocenters. The molecular weight excluding hydrogens is 396 g/mol. The summed E-state index contributed by atoms with van der Waals surface area (Å²) in [5, 5.41) is 7.67. The van der Waals surface area contributed by atoms with E-state index in [4.69, 9.17) is 16.0 Å². The first-order valence-corrected chi connectivity index (χ1v) is 9.85. The van der Waals surface area contributed by atoms with E-state index >= 15 is 0 Å². The minimum atomic E-state index is 0.615. The Hall–Kier alpha value is -3.70. The van der Waals surface area contributed by atoms with Gasteiger partial charge in [-0.3, -0.25) is 5.43 Å². The fourth-order valence-corrected chi connectivity index (χ4v) is 3.47. The van der Waals surface area contributed by atoms with E-state index in [0.717, 1.165) is 27.6 Å². The number of rotatable bonds is 3. The normalized spacial score (nSPS) is 11.9. The molecule has 0 aliphatic carbocycles. The lowest BCUT2D eigenvalue weighted by Crippen LogP contribution is -2.08. The highest BCUT2D eigenvalue weighted by Gasteiger charge is 2.08. The second-order valence-electron chi connectivity index (χ2n) is 6.97. The minimum Gasteiger partial charge on any atom is -0.456 e. The highest BCUT2D eigenvalue weighted by Crippen LogP contribution is 2.24. The van der Waals surface area contributed by atoms with E-state index in [2.05, 4.69) is 39.6 Å². The molecule has 0 bridgehead atoms. The van der Waals surface area contributed by atoms with E-state index < -0.39 is 0 Å². The Balaban J connectivity index is 1.68. The second-order valence-corrected chi connectivity index (χ2v) is 7.40. The number of para-hydroxylation sites is 1. The molecule has 0 aliphatic rings. The maximum absolute atomic E-state index is 6.24. The molecule has 5 aromatic rings. The second kappa shape index (κ2) is 7.61. The summed E-state index contributed by atoms with van der Waals surface area (Å²) in [6.07, 6.45) is 1.52. The quantitative estimate of drug-likeness (QED) is 0.373. The SMILES string of the molecule is Cc1ccc(-c2c/c(=N/Nc3ncnc4ccccc34)c3cc(Cl)ccc3o2)cc1. The van der Waals surface area contributed by atoms with Gasteiger partial charge in [0.05, 0.1) is 10.9 Å². The van der Waals surface area contributed by atoms with Crippen LogP contribution in [0.4, 0.5) is 5.82 Å². The van der Waals surface area contributed by atoms with Gasteiger partial charge >= 0.3 is 0 Å². The van der Waals surface area contributed by atoms with Crippen LogP contribution >= 0.6 is 11.6 Å². The fraction of sp³-hybridized carbons (Fsp3) is 0.0417. The molecular formula is C24H17ClN4O. The molecule has 146 valence electrons. The predicted octanol–water partition coefficient (Wildman–Crippen LogP) is 5.93. The number of nitrogens with one attached hydrogen (secondary N) is 1. The van der Waals surface area contributed by atoms with Gasteiger partial charge in [0.2, 0.25) is 0 Å². The van der Waals surface area contributed by atoms with E-state index in [9.17, 15) is 0 Å². The first-order chi connectivity index (χ1) is 14.7. The first-order valence-electron chi connectivity index (χ1n) is 9.47. The molecule has 0 atom stereocenters. The van der Waals surface area contributed by atoms with Crippen LogP contribution in [0.1, 0.15) is 5.56 Å². The van der Waals surface area contributed by atoms with Crippen LogP contribution < -0.4 is 10.8 Å². The summed E-state index contributed by atoms with van der Waals surface area (Å²) in [4.78, 5) is 8.64. The Kier molecular flexibility index (Phi) is 4.65. The van der Waals surface area contributed by atoms with Gasteiger partial charge < -0.3 is 4.42 Å². The van der Waals surface area contributed by atoms with E-state index in [1.165, 1.54) is 11.9 Å². The van der Waals surface area contributed by atoms with Gasteiger partial charge in [0.25, 0.3) is 0 Å². The first kappa shape index (κ1) is 18.3. The number of aromatic nitrogens is 2. The monoisotopic (exact) mass is 412 g/mol. The molecule has 3 aromatic carbocycles. The van der Waals surface area contributed by atoms with Crippen LogP contribution in [-0.4, -0.2) is 9.97 Å². The van der Waals surface area contributed by atoms with Crippen molar-refractivity contribution >= 4 is 39.3 Å². The van der Waals surface area contributed by atoms with Crippen LogP contribution in [0, 0.1) is 6.92 Å². The lowest BCUT2D eigenvalue weighted by atomic mass is 10.1. The third kappa shape index (κ3) is 3.51. The summed E-state index contributed by atoms with van der Waals surface area (Å²) in [6, 6.07) is 23.4. The van der Waals surface area contributed by atoms with Crippen molar-refractivity contribution < 1.29 is 4.42 Å². The van der Waals surface area contributed by atoms with Crippen molar-refractivity contribution in [2.24, 2.45) is 5.10 Å². The van der Waals surface area contributed by atoms with Crippen molar-refractivity contribution in [2.45, 2.75) is 6.92 Å². The maximum atomic E-state index is 6.24. The highest BCUT2D eigenvalue weighted by atomic mass is 35.5. The van der Waals surface area contributed by atoms with E-state index in [-0.39, 0.29) is 0 Å². The molecule has 2 heterocycles. The third-order valence-electron chi connectivity index (χ3n) is 4.87. The number of hydrogen-bond donors (Lipinski definition) is 1. The number of anilines is 1. The standard InChI is InChI=1S/C24H17ClN4O/c1-15-6-8-16(9-7-15)23-13-21(19-12-17(25)10-11-22(19)30-23)28-29-24-18-4-2-3-5-20(18)26-14-27-24/h2-14H,1H3,(H,26,27,29)/b28-21-. The Labute approximate surface area is 177 Å². The molecule has 5 rings (SSSR count). The molecule has 0 fully saturated rings. The minimum absolute atomic E-state index is 0.615. The van der Waals surface area contributed by atoms with Crippen molar-refractivity contribution in [2.75, 3.05) is 5.43 Å². The number of halogens is 1. The van der Waals surface area contributed by atoms with Crippen LogP contribution in [0.3, 0.4) is 0 Å². The number of aryl methyl sites for hydroxylation is 1. The van der Waals surface area contributed by atoms with Crippen molar-refractivity contribution in [1.82, 2.24) is 9.97 Å². The van der Waals surface area contributed by atoms with Gasteiger partial charge in [-0.25, -0.2) is 9.97 Å². The Morgan fingerprint density at radius 2 is 1.73 bits per heavy atom. The molecule has 6 heteroatoms. The van der Waals surface area contributed by atoms with Crippen molar-refractivity contribution in [3.63, 3.8) is 0 Å². The summed E-state index contributed by atoms with van der Waals surface area (Å²) in [5.74, 6) is 1.35. The molecule has 0 radical (unpaired) electrons. The molecule has 0 spiro atoms. The summed E-state index contributed by atoms with van der Waals surface area (Å²) >= 11 is 6.24. The summed E-state index contributed by atoms with van der Waals surface area (Å²) in [6.45, 7) is 2.06. The number of hydrogen-bond acceptors (Lipinski definition) is 5. The summed E-state index contributed by atoms with van der Waals surface area (Å²) in [5.41, 5.74) is 6.80. The predicted molar refractivity (Wildman–Crippen MR) is 120 cm³/mol. The third-order valence-corrected chi connectivity index (χ3v) is 5.10. The van der Waals surface area contributed by atoms with Crippen LogP contribution in [0.5, 0.6) is 0 Å². The Morgan fingerprint density at radius 1 is 0.900 bits per heavy atom. The van der Waals surface area contributed by atoms with Gasteiger partial charge in [-0.15, -0.1) is 0 Å². The maximum Gasteiger partial charge on any atom is 0.157 e. The summed E-state index contributed by atoms with van der Waals surface area (Å²) in [7, 11) is 0. The average molecular weight is 413 g/mol. The van der Waals surface area contributed by atoms with Crippen molar-refractivity contribution in [1.29, 1.82) is 0 Å². The van der Waals surface area contributed by atoms with Gasteiger partial charge in [0.15, 0.2) is 5.82 Å². The summed E-state index contributed by atoms with van der Waals surface area (Å²) < 4.78 is 6.13. The van der Waals surface area contributed by atoms with Crippen molar-refractivity contribution in [3.8, 4) is 11.3 Å². The smallest absolute Gasteiger partial charge is 0.157 e. The zero-order valence-electron chi connectivity index (χ0n) is 16.1. The average Bonchev–Trinajstić information content (AvgIpc) is 2.78. The van der Waals surface area contributed by atoms with Crippen LogP contribution in [0.2, 0.25) is 5.02 Å². The molecule has 0 aliphatic heterocycles. The molecule has 5 nitrogen and oxygen atoms in total. The molecule has 30 heavy (non-hydrogen) atoms. The Bertz CT molecular complexity index is 1440. The van der Waals surface area contributed by atoms with Crippen LogP contribution in [-0.2, 0) is 0 Å². The van der Waals surface area contributed by atoms with E-state index in [0.29, 0.717) is 21.8 Å². The lowest BCUT2D eigenvalue weighted by molar-refractivity contribution is 0.618. The largest absolute Gasteiger partial charge is 0.456 e. The lowest BCUT2D eigenvalue weighted by Gasteiger charge is -2.07. The molecule has 0 saturated carbocycles. The molecule has 2 aromatic heterocycles. The van der Waals surface area contributed by atoms with Crippen LogP contribution in [0.15, 0.2) is 88.6 Å². The van der Waals surface area contributed by atoms with Gasteiger partial charge in [-0.05, 0) is 37.3 Å². The van der Waals surface area contributed by atoms with Gasteiger partial charge in [0.1, 0.15) is 17.7 Å². The van der Waals surface area contributed by atoms with Crippen LogP contribution in [0.25, 0.3) is 33.2 Å². The topological polar surface area (TPSA) is 63.3 Å².